The van der Waals surface area contributed by atoms with E-state index < -0.39 is 11.7 Å². The SMILES string of the molecule is O=C(NCc1cccnc1)c1cc2c(-c3cc4ccccc4s3)n[nH]c2cc1F. The molecule has 7 heteroatoms. The van der Waals surface area contributed by atoms with E-state index in [0.29, 0.717) is 16.6 Å². The quantitative estimate of drug-likeness (QED) is 0.449. The molecule has 29 heavy (non-hydrogen) atoms. The first-order chi connectivity index (χ1) is 14.2. The lowest BCUT2D eigenvalue weighted by atomic mass is 10.1. The average Bonchev–Trinajstić information content (AvgIpc) is 3.35. The van der Waals surface area contributed by atoms with Gasteiger partial charge in [0, 0.05) is 35.1 Å². The molecule has 0 spiro atoms. The highest BCUT2D eigenvalue weighted by Crippen LogP contribution is 2.36. The van der Waals surface area contributed by atoms with Crippen molar-refractivity contribution in [1.29, 1.82) is 0 Å². The molecule has 0 aliphatic heterocycles. The highest BCUT2D eigenvalue weighted by Gasteiger charge is 2.18. The van der Waals surface area contributed by atoms with Crippen molar-refractivity contribution >= 4 is 38.2 Å². The number of amides is 1. The average molecular weight is 402 g/mol. The van der Waals surface area contributed by atoms with Crippen LogP contribution in [0.4, 0.5) is 4.39 Å². The first-order valence-electron chi connectivity index (χ1n) is 9.03. The number of benzene rings is 2. The highest BCUT2D eigenvalue weighted by molar-refractivity contribution is 7.22. The standard InChI is InChI=1S/C22H15FN4OS/c23-17-10-18-16(9-15(17)22(28)25-12-13-4-3-7-24-11-13)21(27-26-18)20-8-14-5-1-2-6-19(14)29-20/h1-11H,12H2,(H,25,28)(H,26,27). The van der Waals surface area contributed by atoms with Crippen molar-refractivity contribution in [3.63, 3.8) is 0 Å². The third kappa shape index (κ3) is 3.25. The molecule has 5 nitrogen and oxygen atoms in total. The molecule has 0 saturated heterocycles. The molecule has 0 aliphatic carbocycles. The lowest BCUT2D eigenvalue weighted by Crippen LogP contribution is -2.23. The number of aromatic nitrogens is 3. The van der Waals surface area contributed by atoms with Crippen molar-refractivity contribution in [2.24, 2.45) is 0 Å². The van der Waals surface area contributed by atoms with E-state index in [0.717, 1.165) is 20.5 Å². The molecule has 3 aromatic heterocycles. The second-order valence-electron chi connectivity index (χ2n) is 6.64. The Morgan fingerprint density at radius 1 is 1.14 bits per heavy atom. The maximum absolute atomic E-state index is 14.6. The maximum atomic E-state index is 14.6. The minimum Gasteiger partial charge on any atom is -0.348 e. The van der Waals surface area contributed by atoms with Crippen molar-refractivity contribution in [1.82, 2.24) is 20.5 Å². The van der Waals surface area contributed by atoms with Crippen molar-refractivity contribution < 1.29 is 9.18 Å². The lowest BCUT2D eigenvalue weighted by molar-refractivity contribution is 0.0947. The Morgan fingerprint density at radius 2 is 2.03 bits per heavy atom. The van der Waals surface area contributed by atoms with Gasteiger partial charge in [-0.2, -0.15) is 5.10 Å². The molecular weight excluding hydrogens is 387 g/mol. The van der Waals surface area contributed by atoms with Crippen LogP contribution >= 0.6 is 11.3 Å². The van der Waals surface area contributed by atoms with Gasteiger partial charge in [-0.05, 0) is 35.2 Å². The van der Waals surface area contributed by atoms with E-state index in [1.807, 2.05) is 24.3 Å². The van der Waals surface area contributed by atoms with Gasteiger partial charge < -0.3 is 5.32 Å². The Hall–Kier alpha value is -3.58. The predicted molar refractivity (Wildman–Crippen MR) is 112 cm³/mol. The minimum atomic E-state index is -0.590. The molecule has 0 bridgehead atoms. The summed E-state index contributed by atoms with van der Waals surface area (Å²) in [6, 6.07) is 16.6. The maximum Gasteiger partial charge on any atom is 0.254 e. The number of thiophene rings is 1. The van der Waals surface area contributed by atoms with Gasteiger partial charge in [0.1, 0.15) is 11.5 Å². The summed E-state index contributed by atoms with van der Waals surface area (Å²) < 4.78 is 15.7. The van der Waals surface area contributed by atoms with E-state index in [1.54, 1.807) is 35.9 Å². The van der Waals surface area contributed by atoms with Gasteiger partial charge in [-0.15, -0.1) is 11.3 Å². The topological polar surface area (TPSA) is 70.7 Å². The number of nitrogens with one attached hydrogen (secondary N) is 2. The van der Waals surface area contributed by atoms with Gasteiger partial charge in [0.05, 0.1) is 16.0 Å². The first kappa shape index (κ1) is 17.5. The fraction of sp³-hybridized carbons (Fsp3) is 0.0455. The van der Waals surface area contributed by atoms with Crippen LogP contribution in [0.15, 0.2) is 67.0 Å². The molecule has 0 aliphatic rings. The number of hydrogen-bond acceptors (Lipinski definition) is 4. The van der Waals surface area contributed by atoms with Gasteiger partial charge in [0.25, 0.3) is 5.91 Å². The molecule has 5 aromatic rings. The fourth-order valence-corrected chi connectivity index (χ4v) is 4.35. The molecule has 2 aromatic carbocycles. The molecule has 0 radical (unpaired) electrons. The highest BCUT2D eigenvalue weighted by atomic mass is 32.1. The summed E-state index contributed by atoms with van der Waals surface area (Å²) in [7, 11) is 0. The van der Waals surface area contributed by atoms with Crippen molar-refractivity contribution in [2.45, 2.75) is 6.54 Å². The third-order valence-corrected chi connectivity index (χ3v) is 5.85. The van der Waals surface area contributed by atoms with Crippen LogP contribution in [0.5, 0.6) is 0 Å². The second-order valence-corrected chi connectivity index (χ2v) is 7.73. The first-order valence-corrected chi connectivity index (χ1v) is 9.84. The van der Waals surface area contributed by atoms with E-state index in [4.69, 9.17) is 0 Å². The zero-order valence-corrected chi connectivity index (χ0v) is 16.0. The number of halogens is 1. The Labute approximate surface area is 169 Å². The van der Waals surface area contributed by atoms with Gasteiger partial charge >= 0.3 is 0 Å². The lowest BCUT2D eigenvalue weighted by Gasteiger charge is -2.06. The Bertz CT molecular complexity index is 1310. The Kier molecular flexibility index (Phi) is 4.29. The number of nitrogens with zero attached hydrogens (tertiary/aromatic N) is 2. The van der Waals surface area contributed by atoms with Crippen LogP contribution in [0.3, 0.4) is 0 Å². The van der Waals surface area contributed by atoms with Crippen LogP contribution in [0, 0.1) is 5.82 Å². The van der Waals surface area contributed by atoms with Crippen LogP contribution in [0.2, 0.25) is 0 Å². The van der Waals surface area contributed by atoms with Crippen LogP contribution in [-0.2, 0) is 6.54 Å². The third-order valence-electron chi connectivity index (χ3n) is 4.73. The largest absolute Gasteiger partial charge is 0.348 e. The van der Waals surface area contributed by atoms with Crippen LogP contribution in [0.25, 0.3) is 31.6 Å². The predicted octanol–water partition coefficient (Wildman–Crippen LogP) is 4.91. The number of pyridine rings is 1. The number of H-pyrrole nitrogens is 1. The molecular formula is C22H15FN4OS. The Balaban J connectivity index is 1.51. The van der Waals surface area contributed by atoms with Crippen LogP contribution < -0.4 is 5.32 Å². The molecule has 5 rings (SSSR count). The molecule has 0 fully saturated rings. The number of fused-ring (bicyclic) bond motifs is 2. The van der Waals surface area contributed by atoms with Gasteiger partial charge in [0.2, 0.25) is 0 Å². The zero-order chi connectivity index (χ0) is 19.8. The summed E-state index contributed by atoms with van der Waals surface area (Å²) in [5.74, 6) is -1.07. The Morgan fingerprint density at radius 3 is 2.86 bits per heavy atom. The number of carbonyl (C=O) groups excluding carboxylic acids is 1. The summed E-state index contributed by atoms with van der Waals surface area (Å²) in [6.45, 7) is 0.276. The monoisotopic (exact) mass is 402 g/mol. The number of aromatic amines is 1. The van der Waals surface area contributed by atoms with E-state index in [-0.39, 0.29) is 12.1 Å². The summed E-state index contributed by atoms with van der Waals surface area (Å²) >= 11 is 1.61. The number of carbonyl (C=O) groups is 1. The number of rotatable bonds is 4. The van der Waals surface area contributed by atoms with E-state index in [9.17, 15) is 9.18 Å². The molecule has 0 saturated carbocycles. The van der Waals surface area contributed by atoms with Crippen LogP contribution in [0.1, 0.15) is 15.9 Å². The fourth-order valence-electron chi connectivity index (χ4n) is 3.28. The van der Waals surface area contributed by atoms with E-state index >= 15 is 0 Å². The van der Waals surface area contributed by atoms with Crippen molar-refractivity contribution in [3.05, 3.63) is 83.9 Å². The van der Waals surface area contributed by atoms with Gasteiger partial charge in [-0.3, -0.25) is 14.9 Å². The molecule has 2 N–H and O–H groups in total. The van der Waals surface area contributed by atoms with Gasteiger partial charge in [0.15, 0.2) is 0 Å². The van der Waals surface area contributed by atoms with E-state index in [1.165, 1.54) is 6.07 Å². The molecule has 142 valence electrons. The minimum absolute atomic E-state index is 0.00912. The summed E-state index contributed by atoms with van der Waals surface area (Å²) in [5.41, 5.74) is 2.10. The van der Waals surface area contributed by atoms with Crippen molar-refractivity contribution in [3.8, 4) is 10.6 Å². The molecule has 0 atom stereocenters. The number of hydrogen-bond donors (Lipinski definition) is 2. The summed E-state index contributed by atoms with van der Waals surface area (Å²) in [4.78, 5) is 17.6. The summed E-state index contributed by atoms with van der Waals surface area (Å²) in [6.07, 6.45) is 3.32. The van der Waals surface area contributed by atoms with E-state index in [2.05, 4.69) is 32.6 Å². The van der Waals surface area contributed by atoms with Crippen LogP contribution in [-0.4, -0.2) is 21.1 Å². The molecule has 1 amide bonds. The second kappa shape index (κ2) is 7.10. The van der Waals surface area contributed by atoms with Gasteiger partial charge in [-0.25, -0.2) is 4.39 Å². The van der Waals surface area contributed by atoms with Gasteiger partial charge in [-0.1, -0.05) is 24.3 Å². The smallest absolute Gasteiger partial charge is 0.254 e. The van der Waals surface area contributed by atoms with Crippen molar-refractivity contribution in [2.75, 3.05) is 0 Å². The summed E-state index contributed by atoms with van der Waals surface area (Å²) in [5, 5.41) is 11.8. The normalized spacial score (nSPS) is 11.2. The molecule has 3 heterocycles. The molecule has 0 unspecified atom stereocenters. The zero-order valence-electron chi connectivity index (χ0n) is 15.1.